The van der Waals surface area contributed by atoms with Gasteiger partial charge in [0.15, 0.2) is 7.59 Å². The highest BCUT2D eigenvalue weighted by atomic mass is 35.6. The van der Waals surface area contributed by atoms with Crippen LogP contribution in [0.1, 0.15) is 32.6 Å². The second-order valence-electron chi connectivity index (χ2n) is 4.84. The van der Waals surface area contributed by atoms with Crippen LogP contribution in [0.2, 0.25) is 0 Å². The van der Waals surface area contributed by atoms with Gasteiger partial charge in [0.1, 0.15) is 0 Å². The molecule has 0 spiro atoms. The summed E-state index contributed by atoms with van der Waals surface area (Å²) in [6.45, 7) is 2.73. The van der Waals surface area contributed by atoms with E-state index in [-0.39, 0.29) is 26.1 Å². The van der Waals surface area contributed by atoms with Crippen LogP contribution in [0.5, 0.6) is 0 Å². The standard InChI is InChI=1S/C12H19Cl8O3P/c1-2-3-4-21-24(22-7-9(13)5-11(15,16)17)23-8-10(14)6-12(18,19)20/h9-10H,2-8H2,1H3. The van der Waals surface area contributed by atoms with Crippen molar-refractivity contribution in [2.24, 2.45) is 0 Å². The smallest absolute Gasteiger partial charge is 0.312 e. The highest BCUT2D eigenvalue weighted by Gasteiger charge is 2.28. The van der Waals surface area contributed by atoms with Crippen LogP contribution in [0.25, 0.3) is 0 Å². The van der Waals surface area contributed by atoms with Crippen LogP contribution < -0.4 is 0 Å². The van der Waals surface area contributed by atoms with E-state index in [0.29, 0.717) is 6.61 Å². The molecule has 0 amide bonds. The molecule has 0 radical (unpaired) electrons. The van der Waals surface area contributed by atoms with E-state index >= 15 is 0 Å². The summed E-state index contributed by atoms with van der Waals surface area (Å²) in [4.78, 5) is 0. The lowest BCUT2D eigenvalue weighted by Gasteiger charge is -2.22. The zero-order chi connectivity index (χ0) is 18.8. The maximum Gasteiger partial charge on any atom is 0.332 e. The van der Waals surface area contributed by atoms with Crippen molar-refractivity contribution in [1.82, 2.24) is 0 Å². The quantitative estimate of drug-likeness (QED) is 0.148. The Labute approximate surface area is 184 Å². The minimum Gasteiger partial charge on any atom is -0.312 e. The van der Waals surface area contributed by atoms with E-state index in [0.717, 1.165) is 12.8 Å². The average Bonchev–Trinajstić information content (AvgIpc) is 2.37. The molecule has 0 aromatic carbocycles. The molecule has 12 heteroatoms. The number of alkyl halides is 8. The molecule has 2 atom stereocenters. The maximum atomic E-state index is 6.06. The van der Waals surface area contributed by atoms with Crippen molar-refractivity contribution in [3.63, 3.8) is 0 Å². The van der Waals surface area contributed by atoms with Gasteiger partial charge in [-0.15, -0.1) is 23.2 Å². The molecule has 0 fully saturated rings. The third-order valence-electron chi connectivity index (χ3n) is 2.32. The summed E-state index contributed by atoms with van der Waals surface area (Å²) in [5, 5.41) is -1.01. The molecule has 24 heavy (non-hydrogen) atoms. The average molecular weight is 526 g/mol. The number of halogens is 8. The van der Waals surface area contributed by atoms with Gasteiger partial charge in [0.05, 0.1) is 30.6 Å². The fraction of sp³-hybridized carbons (Fsp3) is 1.00. The summed E-state index contributed by atoms with van der Waals surface area (Å²) >= 11 is 46.3. The molecule has 0 bridgehead atoms. The number of rotatable bonds is 12. The van der Waals surface area contributed by atoms with Crippen molar-refractivity contribution >= 4 is 101 Å². The monoisotopic (exact) mass is 522 g/mol. The zero-order valence-electron chi connectivity index (χ0n) is 12.8. The lowest BCUT2D eigenvalue weighted by atomic mass is 10.3. The predicted octanol–water partition coefficient (Wildman–Crippen LogP) is 7.80. The van der Waals surface area contributed by atoms with Gasteiger partial charge in [-0.3, -0.25) is 0 Å². The van der Waals surface area contributed by atoms with Crippen molar-refractivity contribution < 1.29 is 13.6 Å². The second kappa shape index (κ2) is 13.7. The zero-order valence-corrected chi connectivity index (χ0v) is 19.7. The van der Waals surface area contributed by atoms with Crippen LogP contribution in [0.4, 0.5) is 0 Å². The second-order valence-corrected chi connectivity index (χ2v) is 12.3. The molecular weight excluding hydrogens is 507 g/mol. The van der Waals surface area contributed by atoms with Crippen LogP contribution in [0, 0.1) is 0 Å². The minimum atomic E-state index is -1.65. The predicted molar refractivity (Wildman–Crippen MR) is 109 cm³/mol. The first-order valence-corrected chi connectivity index (χ1v) is 11.3. The molecule has 0 aliphatic rings. The Morgan fingerprint density at radius 1 is 0.792 bits per heavy atom. The first-order chi connectivity index (χ1) is 10.9. The molecule has 0 N–H and O–H groups in total. The molecule has 0 rings (SSSR count). The van der Waals surface area contributed by atoms with E-state index in [1.54, 1.807) is 0 Å². The maximum absolute atomic E-state index is 6.06. The summed E-state index contributed by atoms with van der Waals surface area (Å²) in [5.74, 6) is 0. The van der Waals surface area contributed by atoms with Crippen LogP contribution in [0.3, 0.4) is 0 Å². The van der Waals surface area contributed by atoms with E-state index in [1.807, 2.05) is 6.92 Å². The van der Waals surface area contributed by atoms with Gasteiger partial charge in [0.25, 0.3) is 0 Å². The lowest BCUT2D eigenvalue weighted by molar-refractivity contribution is 0.157. The van der Waals surface area contributed by atoms with E-state index in [2.05, 4.69) is 0 Å². The molecule has 0 saturated carbocycles. The lowest BCUT2D eigenvalue weighted by Crippen LogP contribution is -2.18. The highest BCUT2D eigenvalue weighted by molar-refractivity contribution is 7.41. The van der Waals surface area contributed by atoms with Gasteiger partial charge in [0.2, 0.25) is 0 Å². The van der Waals surface area contributed by atoms with Crippen molar-refractivity contribution in [2.75, 3.05) is 19.8 Å². The van der Waals surface area contributed by atoms with Crippen molar-refractivity contribution in [2.45, 2.75) is 50.9 Å². The normalized spacial score (nSPS) is 16.9. The fourth-order valence-corrected chi connectivity index (χ4v) is 4.76. The summed E-state index contributed by atoms with van der Waals surface area (Å²) in [5.41, 5.74) is 0. The van der Waals surface area contributed by atoms with Crippen molar-refractivity contribution in [1.29, 1.82) is 0 Å². The molecule has 0 heterocycles. The minimum absolute atomic E-state index is 0.102. The van der Waals surface area contributed by atoms with Crippen LogP contribution >= 0.6 is 101 Å². The van der Waals surface area contributed by atoms with E-state index in [4.69, 9.17) is 106 Å². The molecule has 0 aromatic heterocycles. The van der Waals surface area contributed by atoms with E-state index in [9.17, 15) is 0 Å². The van der Waals surface area contributed by atoms with Gasteiger partial charge in [0, 0.05) is 12.8 Å². The summed E-state index contributed by atoms with van der Waals surface area (Å²) < 4.78 is 13.7. The Balaban J connectivity index is 4.31. The summed E-state index contributed by atoms with van der Waals surface area (Å²) in [6.07, 6.45) is 2.09. The molecule has 2 unspecified atom stereocenters. The SMILES string of the molecule is CCCCOP(OCC(Cl)CC(Cl)(Cl)Cl)OCC(Cl)CC(Cl)(Cl)Cl. The topological polar surface area (TPSA) is 27.7 Å². The molecule has 0 aromatic rings. The van der Waals surface area contributed by atoms with Crippen LogP contribution in [0.15, 0.2) is 0 Å². The first-order valence-electron chi connectivity index (χ1n) is 7.03. The van der Waals surface area contributed by atoms with Crippen LogP contribution in [-0.4, -0.2) is 38.2 Å². The number of hydrogen-bond acceptors (Lipinski definition) is 3. The Hall–Kier alpha value is 2.63. The molecule has 0 saturated heterocycles. The summed E-state index contributed by atoms with van der Waals surface area (Å²) in [7, 11) is -1.65. The highest BCUT2D eigenvalue weighted by Crippen LogP contribution is 2.43. The molecule has 0 aliphatic heterocycles. The fourth-order valence-electron chi connectivity index (χ4n) is 1.30. The van der Waals surface area contributed by atoms with Crippen molar-refractivity contribution in [3.8, 4) is 0 Å². The van der Waals surface area contributed by atoms with E-state index in [1.165, 1.54) is 0 Å². The van der Waals surface area contributed by atoms with Gasteiger partial charge in [-0.05, 0) is 6.42 Å². The van der Waals surface area contributed by atoms with Gasteiger partial charge < -0.3 is 13.6 Å². The molecule has 146 valence electrons. The molecule has 0 aliphatic carbocycles. The van der Waals surface area contributed by atoms with E-state index < -0.39 is 26.9 Å². The largest absolute Gasteiger partial charge is 0.332 e. The Bertz CT molecular complexity index is 300. The van der Waals surface area contributed by atoms with Gasteiger partial charge >= 0.3 is 8.60 Å². The van der Waals surface area contributed by atoms with Gasteiger partial charge in [-0.25, -0.2) is 0 Å². The summed E-state index contributed by atoms with van der Waals surface area (Å²) in [6, 6.07) is 0. The van der Waals surface area contributed by atoms with Crippen LogP contribution in [-0.2, 0) is 13.6 Å². The molecular formula is C12H19Cl8O3P. The Morgan fingerprint density at radius 3 is 1.54 bits per heavy atom. The third kappa shape index (κ3) is 18.0. The number of hydrogen-bond donors (Lipinski definition) is 0. The van der Waals surface area contributed by atoms with Gasteiger partial charge in [-0.1, -0.05) is 83.0 Å². The first kappa shape index (κ1) is 26.6. The Kier molecular flexibility index (Phi) is 15.3. The molecule has 3 nitrogen and oxygen atoms in total. The number of unbranched alkanes of at least 4 members (excludes halogenated alkanes) is 1. The van der Waals surface area contributed by atoms with Gasteiger partial charge in [-0.2, -0.15) is 0 Å². The third-order valence-corrected chi connectivity index (χ3v) is 4.92. The van der Waals surface area contributed by atoms with Crippen molar-refractivity contribution in [3.05, 3.63) is 0 Å². The Morgan fingerprint density at radius 2 is 1.21 bits per heavy atom.